The molecule has 0 aromatic heterocycles. The Hall–Kier alpha value is -2.62. The van der Waals surface area contributed by atoms with E-state index in [1.54, 1.807) is 0 Å². The predicted molar refractivity (Wildman–Crippen MR) is 91.4 cm³/mol. The maximum atomic E-state index is 13.0. The van der Waals surface area contributed by atoms with Crippen LogP contribution in [0.3, 0.4) is 0 Å². The number of amides is 3. The van der Waals surface area contributed by atoms with Crippen LogP contribution in [0.5, 0.6) is 0 Å². The van der Waals surface area contributed by atoms with Crippen LogP contribution in [0.4, 0.5) is 4.79 Å². The Balaban J connectivity index is 1.49. The Labute approximate surface area is 141 Å². The summed E-state index contributed by atoms with van der Waals surface area (Å²) in [4.78, 5) is 26.8. The molecular formula is C20H20N2O2. The molecule has 4 heteroatoms. The lowest BCUT2D eigenvalue weighted by Crippen LogP contribution is -2.42. The number of fused-ring (bicyclic) bond motifs is 2. The second-order valence-electron chi connectivity index (χ2n) is 6.54. The summed E-state index contributed by atoms with van der Waals surface area (Å²) in [5, 5.41) is 2.97. The molecule has 4 rings (SSSR count). The van der Waals surface area contributed by atoms with E-state index in [-0.39, 0.29) is 11.9 Å². The van der Waals surface area contributed by atoms with Crippen molar-refractivity contribution in [2.45, 2.75) is 31.2 Å². The van der Waals surface area contributed by atoms with Crippen LogP contribution in [0, 0.1) is 0 Å². The normalized spacial score (nSPS) is 22.1. The summed E-state index contributed by atoms with van der Waals surface area (Å²) in [6.45, 7) is 0.462. The van der Waals surface area contributed by atoms with E-state index >= 15 is 0 Å². The number of rotatable bonds is 4. The van der Waals surface area contributed by atoms with E-state index in [0.29, 0.717) is 13.0 Å². The van der Waals surface area contributed by atoms with Gasteiger partial charge in [0.25, 0.3) is 5.91 Å². The first kappa shape index (κ1) is 14.9. The summed E-state index contributed by atoms with van der Waals surface area (Å²) in [6, 6.07) is 17.8. The topological polar surface area (TPSA) is 49.4 Å². The third-order valence-corrected chi connectivity index (χ3v) is 5.11. The van der Waals surface area contributed by atoms with Crippen molar-refractivity contribution in [3.63, 3.8) is 0 Å². The van der Waals surface area contributed by atoms with Crippen LogP contribution in [0.25, 0.3) is 0 Å². The highest BCUT2D eigenvalue weighted by Gasteiger charge is 2.54. The fourth-order valence-electron chi connectivity index (χ4n) is 3.88. The zero-order chi connectivity index (χ0) is 16.6. The Bertz CT molecular complexity index is 787. The average molecular weight is 320 g/mol. The van der Waals surface area contributed by atoms with Crippen molar-refractivity contribution in [3.8, 4) is 0 Å². The number of nitrogens with one attached hydrogen (secondary N) is 1. The van der Waals surface area contributed by atoms with Crippen LogP contribution < -0.4 is 5.32 Å². The predicted octanol–water partition coefficient (Wildman–Crippen LogP) is 3.01. The molecule has 1 saturated heterocycles. The van der Waals surface area contributed by atoms with Gasteiger partial charge >= 0.3 is 6.03 Å². The molecule has 1 heterocycles. The molecule has 1 aliphatic heterocycles. The van der Waals surface area contributed by atoms with Gasteiger partial charge in [-0.1, -0.05) is 54.6 Å². The van der Waals surface area contributed by atoms with Crippen molar-refractivity contribution < 1.29 is 9.59 Å². The largest absolute Gasteiger partial charge is 0.325 e. The summed E-state index contributed by atoms with van der Waals surface area (Å²) in [7, 11) is 0. The van der Waals surface area contributed by atoms with Gasteiger partial charge in [-0.05, 0) is 42.4 Å². The quantitative estimate of drug-likeness (QED) is 0.880. The number of nitrogens with zero attached hydrogens (tertiary/aromatic N) is 1. The van der Waals surface area contributed by atoms with Crippen LogP contribution >= 0.6 is 0 Å². The van der Waals surface area contributed by atoms with Gasteiger partial charge < -0.3 is 5.32 Å². The first-order valence-electron chi connectivity index (χ1n) is 8.47. The van der Waals surface area contributed by atoms with E-state index in [9.17, 15) is 9.59 Å². The van der Waals surface area contributed by atoms with E-state index in [0.717, 1.165) is 30.4 Å². The molecule has 4 nitrogen and oxygen atoms in total. The van der Waals surface area contributed by atoms with E-state index in [1.807, 2.05) is 42.5 Å². The lowest BCUT2D eigenvalue weighted by atomic mass is 9.92. The third kappa shape index (κ3) is 2.30. The van der Waals surface area contributed by atoms with Gasteiger partial charge in [0.15, 0.2) is 0 Å². The summed E-state index contributed by atoms with van der Waals surface area (Å²) in [6.07, 6.45) is 3.13. The lowest BCUT2D eigenvalue weighted by Gasteiger charge is -2.22. The van der Waals surface area contributed by atoms with Crippen LogP contribution in [-0.2, 0) is 23.2 Å². The van der Waals surface area contributed by atoms with Crippen molar-refractivity contribution in [2.75, 3.05) is 6.54 Å². The number of hydrogen-bond acceptors (Lipinski definition) is 2. The summed E-state index contributed by atoms with van der Waals surface area (Å²) in [5.41, 5.74) is 2.53. The van der Waals surface area contributed by atoms with Gasteiger partial charge in [0.2, 0.25) is 0 Å². The van der Waals surface area contributed by atoms with Crippen LogP contribution in [0.15, 0.2) is 54.6 Å². The number of carbonyl (C=O) groups is 2. The zero-order valence-electron chi connectivity index (χ0n) is 13.5. The summed E-state index contributed by atoms with van der Waals surface area (Å²) in [5.74, 6) is -0.0921. The molecule has 122 valence electrons. The van der Waals surface area contributed by atoms with Crippen molar-refractivity contribution in [3.05, 3.63) is 71.3 Å². The van der Waals surface area contributed by atoms with E-state index in [1.165, 1.54) is 10.5 Å². The fraction of sp³-hybridized carbons (Fsp3) is 0.300. The molecule has 1 fully saturated rings. The van der Waals surface area contributed by atoms with Gasteiger partial charge in [-0.25, -0.2) is 4.79 Å². The second-order valence-corrected chi connectivity index (χ2v) is 6.54. The molecule has 1 unspecified atom stereocenters. The molecule has 0 radical (unpaired) electrons. The van der Waals surface area contributed by atoms with Gasteiger partial charge in [0.1, 0.15) is 5.54 Å². The molecule has 1 aliphatic carbocycles. The van der Waals surface area contributed by atoms with E-state index in [2.05, 4.69) is 17.4 Å². The molecule has 1 atom stereocenters. The van der Waals surface area contributed by atoms with Gasteiger partial charge in [0, 0.05) is 6.54 Å². The van der Waals surface area contributed by atoms with Gasteiger partial charge in [-0.3, -0.25) is 9.69 Å². The molecule has 3 amide bonds. The Morgan fingerprint density at radius 2 is 1.75 bits per heavy atom. The minimum absolute atomic E-state index is 0.0921. The first-order chi connectivity index (χ1) is 11.7. The molecule has 2 aliphatic rings. The number of imide groups is 1. The number of urea groups is 1. The minimum Gasteiger partial charge on any atom is -0.319 e. The Kier molecular flexibility index (Phi) is 3.60. The first-order valence-corrected chi connectivity index (χ1v) is 8.47. The van der Waals surface area contributed by atoms with Gasteiger partial charge in [0.05, 0.1) is 0 Å². The van der Waals surface area contributed by atoms with Gasteiger partial charge in [-0.2, -0.15) is 0 Å². The van der Waals surface area contributed by atoms with Crippen LogP contribution in [0.1, 0.15) is 29.5 Å². The number of carbonyl (C=O) groups excluding carboxylic acids is 2. The number of benzene rings is 2. The SMILES string of the molecule is O=C1NC2(CCc3ccccc32)C(=O)N1CCCc1ccccc1. The maximum absolute atomic E-state index is 13.0. The third-order valence-electron chi connectivity index (χ3n) is 5.11. The molecule has 2 aromatic rings. The standard InChI is InChI=1S/C20H20N2O2/c23-18-20(13-12-16-10-4-5-11-17(16)20)21-19(24)22(18)14-6-9-15-7-2-1-3-8-15/h1-5,7-8,10-11H,6,9,12-14H2,(H,21,24). The second kappa shape index (κ2) is 5.78. The zero-order valence-corrected chi connectivity index (χ0v) is 13.5. The highest BCUT2D eigenvalue weighted by Crippen LogP contribution is 2.41. The molecule has 0 saturated carbocycles. The maximum Gasteiger partial charge on any atom is 0.325 e. The summed E-state index contributed by atoms with van der Waals surface area (Å²) < 4.78 is 0. The van der Waals surface area contributed by atoms with Crippen molar-refractivity contribution >= 4 is 11.9 Å². The molecule has 1 spiro atoms. The summed E-state index contributed by atoms with van der Waals surface area (Å²) >= 11 is 0. The smallest absolute Gasteiger partial charge is 0.319 e. The van der Waals surface area contributed by atoms with Crippen molar-refractivity contribution in [2.24, 2.45) is 0 Å². The number of aryl methyl sites for hydroxylation is 2. The van der Waals surface area contributed by atoms with Crippen LogP contribution in [-0.4, -0.2) is 23.4 Å². The minimum atomic E-state index is -0.833. The Morgan fingerprint density at radius 3 is 2.58 bits per heavy atom. The molecule has 1 N–H and O–H groups in total. The Morgan fingerprint density at radius 1 is 1.00 bits per heavy atom. The number of hydrogen-bond donors (Lipinski definition) is 1. The highest BCUT2D eigenvalue weighted by atomic mass is 16.2. The molecule has 0 bridgehead atoms. The molecule has 2 aromatic carbocycles. The highest BCUT2D eigenvalue weighted by molar-refractivity contribution is 6.08. The van der Waals surface area contributed by atoms with E-state index < -0.39 is 5.54 Å². The van der Waals surface area contributed by atoms with Crippen LogP contribution in [0.2, 0.25) is 0 Å². The molecule has 24 heavy (non-hydrogen) atoms. The van der Waals surface area contributed by atoms with E-state index in [4.69, 9.17) is 0 Å². The van der Waals surface area contributed by atoms with Crippen molar-refractivity contribution in [1.29, 1.82) is 0 Å². The lowest BCUT2D eigenvalue weighted by molar-refractivity contribution is -0.131. The molecular weight excluding hydrogens is 300 g/mol. The van der Waals surface area contributed by atoms with Gasteiger partial charge in [-0.15, -0.1) is 0 Å². The van der Waals surface area contributed by atoms with Crippen molar-refractivity contribution in [1.82, 2.24) is 10.2 Å². The monoisotopic (exact) mass is 320 g/mol. The average Bonchev–Trinajstić information content (AvgIpc) is 3.09. The fourth-order valence-corrected chi connectivity index (χ4v) is 3.88.